The highest BCUT2D eigenvalue weighted by atomic mass is 35.5. The molecule has 3 rings (SSSR count). The van der Waals surface area contributed by atoms with E-state index in [-0.39, 0.29) is 11.7 Å². The Morgan fingerprint density at radius 2 is 1.79 bits per heavy atom. The van der Waals surface area contributed by atoms with Crippen LogP contribution < -0.4 is 19.6 Å². The monoisotopic (exact) mass is 524 g/mol. The van der Waals surface area contributed by atoms with Crippen molar-refractivity contribution in [1.29, 1.82) is 0 Å². The highest BCUT2D eigenvalue weighted by Gasteiger charge is 2.15. The first-order chi connectivity index (χ1) is 16.0. The normalized spacial score (nSPS) is 10.9. The number of ether oxygens (including phenoxy) is 3. The number of carbonyl (C=O) groups is 1. The van der Waals surface area contributed by atoms with Gasteiger partial charge in [-0.15, -0.1) is 10.2 Å². The number of hydrogen-bond acceptors (Lipinski definition) is 10. The van der Waals surface area contributed by atoms with Gasteiger partial charge in [0.15, 0.2) is 20.2 Å². The molecular formula is C21H21ClN4O4S3. The molecule has 0 radical (unpaired) electrons. The molecule has 0 spiro atoms. The summed E-state index contributed by atoms with van der Waals surface area (Å²) in [7, 11) is 4.59. The fourth-order valence-corrected chi connectivity index (χ4v) is 5.73. The molecule has 0 unspecified atom stereocenters. The van der Waals surface area contributed by atoms with Crippen molar-refractivity contribution in [1.82, 2.24) is 15.6 Å². The van der Waals surface area contributed by atoms with Gasteiger partial charge in [-0.05, 0) is 23.8 Å². The van der Waals surface area contributed by atoms with Crippen molar-refractivity contribution in [3.8, 4) is 17.2 Å². The highest BCUT2D eigenvalue weighted by Crippen LogP contribution is 2.39. The molecule has 0 atom stereocenters. The molecule has 0 bridgehead atoms. The number of nitrogens with zero attached hydrogens (tertiary/aromatic N) is 3. The van der Waals surface area contributed by atoms with E-state index >= 15 is 0 Å². The minimum Gasteiger partial charge on any atom is -0.493 e. The van der Waals surface area contributed by atoms with Gasteiger partial charge < -0.3 is 14.2 Å². The molecule has 33 heavy (non-hydrogen) atoms. The van der Waals surface area contributed by atoms with E-state index in [0.717, 1.165) is 14.9 Å². The third kappa shape index (κ3) is 7.00. The molecule has 1 aromatic heterocycles. The molecule has 0 aliphatic carbocycles. The quantitative estimate of drug-likeness (QED) is 0.218. The molecule has 0 aliphatic heterocycles. The summed E-state index contributed by atoms with van der Waals surface area (Å²) in [5.74, 6) is 2.03. The molecule has 0 saturated heterocycles. The van der Waals surface area contributed by atoms with Gasteiger partial charge in [-0.2, -0.15) is 5.10 Å². The van der Waals surface area contributed by atoms with Crippen LogP contribution in [0.15, 0.2) is 50.2 Å². The fourth-order valence-electron chi connectivity index (χ4n) is 2.63. The van der Waals surface area contributed by atoms with Gasteiger partial charge in [0.2, 0.25) is 5.75 Å². The zero-order chi connectivity index (χ0) is 23.6. The van der Waals surface area contributed by atoms with Crippen molar-refractivity contribution in [2.45, 2.75) is 14.4 Å². The first kappa shape index (κ1) is 25.2. The van der Waals surface area contributed by atoms with Crippen molar-refractivity contribution in [2.24, 2.45) is 5.10 Å². The molecule has 2 aromatic carbocycles. The molecule has 8 nitrogen and oxygen atoms in total. The minimum absolute atomic E-state index is 0.157. The van der Waals surface area contributed by atoms with Crippen molar-refractivity contribution < 1.29 is 19.0 Å². The van der Waals surface area contributed by atoms with Gasteiger partial charge in [0.05, 0.1) is 33.3 Å². The zero-order valence-electron chi connectivity index (χ0n) is 18.0. The third-order valence-corrected chi connectivity index (χ3v) is 7.76. The fraction of sp³-hybridized carbons (Fsp3) is 0.238. The number of aromatic nitrogens is 2. The van der Waals surface area contributed by atoms with Gasteiger partial charge in [0, 0.05) is 16.3 Å². The van der Waals surface area contributed by atoms with E-state index < -0.39 is 0 Å². The van der Waals surface area contributed by atoms with Crippen molar-refractivity contribution in [2.75, 3.05) is 27.1 Å². The van der Waals surface area contributed by atoms with Crippen molar-refractivity contribution in [3.05, 3.63) is 52.5 Å². The van der Waals surface area contributed by atoms with Crippen LogP contribution in [-0.4, -0.2) is 49.4 Å². The second kappa shape index (κ2) is 12.7. The lowest BCUT2D eigenvalue weighted by Crippen LogP contribution is -2.19. The van der Waals surface area contributed by atoms with E-state index in [1.165, 1.54) is 43.5 Å². The SMILES string of the molecule is COc1ccc(C=NNC(=O)CSc2nnc(SCc3ccccc3Cl)s2)c(OC)c1OC. The van der Waals surface area contributed by atoms with Crippen LogP contribution in [0.25, 0.3) is 0 Å². The van der Waals surface area contributed by atoms with Crippen LogP contribution in [-0.2, 0) is 10.5 Å². The number of hydrogen-bond donors (Lipinski definition) is 1. The predicted octanol–water partition coefficient (Wildman–Crippen LogP) is 4.75. The maximum absolute atomic E-state index is 12.2. The summed E-state index contributed by atoms with van der Waals surface area (Å²) in [6.07, 6.45) is 1.48. The molecule has 12 heteroatoms. The molecule has 174 valence electrons. The molecule has 1 heterocycles. The Balaban J connectivity index is 1.49. The number of nitrogens with one attached hydrogen (secondary N) is 1. The van der Waals surface area contributed by atoms with Crippen LogP contribution in [0.3, 0.4) is 0 Å². The number of amides is 1. The smallest absolute Gasteiger partial charge is 0.250 e. The second-order valence-corrected chi connectivity index (χ2v) is 10.0. The molecule has 3 aromatic rings. The van der Waals surface area contributed by atoms with Crippen molar-refractivity contribution >= 4 is 58.6 Å². The Morgan fingerprint density at radius 1 is 1.06 bits per heavy atom. The van der Waals surface area contributed by atoms with Crippen molar-refractivity contribution in [3.63, 3.8) is 0 Å². The van der Waals surface area contributed by atoms with Crippen LogP contribution >= 0.6 is 46.5 Å². The van der Waals surface area contributed by atoms with Gasteiger partial charge in [0.1, 0.15) is 0 Å². The zero-order valence-corrected chi connectivity index (χ0v) is 21.2. The molecule has 0 saturated carbocycles. The predicted molar refractivity (Wildman–Crippen MR) is 133 cm³/mol. The topological polar surface area (TPSA) is 94.9 Å². The van der Waals surface area contributed by atoms with Gasteiger partial charge in [-0.1, -0.05) is 64.7 Å². The summed E-state index contributed by atoms with van der Waals surface area (Å²) in [6.45, 7) is 0. The van der Waals surface area contributed by atoms with E-state index in [1.807, 2.05) is 24.3 Å². The second-order valence-electron chi connectivity index (χ2n) is 6.22. The molecule has 1 amide bonds. The average molecular weight is 525 g/mol. The summed E-state index contributed by atoms with van der Waals surface area (Å²) in [5.41, 5.74) is 4.17. The minimum atomic E-state index is -0.267. The van der Waals surface area contributed by atoms with Crippen LogP contribution in [0.1, 0.15) is 11.1 Å². The number of halogens is 1. The maximum atomic E-state index is 12.2. The number of benzene rings is 2. The Bertz CT molecular complexity index is 1130. The maximum Gasteiger partial charge on any atom is 0.250 e. The number of thioether (sulfide) groups is 2. The lowest BCUT2D eigenvalue weighted by Gasteiger charge is -2.13. The van der Waals surface area contributed by atoms with E-state index in [1.54, 1.807) is 31.0 Å². The largest absolute Gasteiger partial charge is 0.493 e. The number of methoxy groups -OCH3 is 3. The molecule has 0 fully saturated rings. The lowest BCUT2D eigenvalue weighted by atomic mass is 10.2. The van der Waals surface area contributed by atoms with Crippen LogP contribution in [0.5, 0.6) is 17.2 Å². The summed E-state index contributed by atoms with van der Waals surface area (Å²) in [6, 6.07) is 11.2. The molecule has 0 aliphatic rings. The van der Waals surface area contributed by atoms with Gasteiger partial charge in [-0.25, -0.2) is 5.43 Å². The van der Waals surface area contributed by atoms with Crippen LogP contribution in [0.2, 0.25) is 5.02 Å². The van der Waals surface area contributed by atoms with Gasteiger partial charge in [-0.3, -0.25) is 4.79 Å². The summed E-state index contributed by atoms with van der Waals surface area (Å²) < 4.78 is 17.5. The molecular weight excluding hydrogens is 504 g/mol. The van der Waals surface area contributed by atoms with Gasteiger partial charge >= 0.3 is 0 Å². The Labute approximate surface area is 209 Å². The first-order valence-electron chi connectivity index (χ1n) is 9.49. The lowest BCUT2D eigenvalue weighted by molar-refractivity contribution is -0.118. The van der Waals surface area contributed by atoms with Crippen LogP contribution in [0, 0.1) is 0 Å². The third-order valence-electron chi connectivity index (χ3n) is 4.15. The molecule has 1 N–H and O–H groups in total. The average Bonchev–Trinajstić information content (AvgIpc) is 3.29. The highest BCUT2D eigenvalue weighted by molar-refractivity contribution is 8.03. The standard InChI is InChI=1S/C21H21ClN4O4S3/c1-28-16-9-8-13(18(29-2)19(16)30-3)10-23-24-17(27)12-32-21-26-25-20(33-21)31-11-14-6-4-5-7-15(14)22/h4-10H,11-12H2,1-3H3,(H,24,27). The van der Waals surface area contributed by atoms with E-state index in [9.17, 15) is 4.79 Å². The van der Waals surface area contributed by atoms with E-state index in [4.69, 9.17) is 25.8 Å². The van der Waals surface area contributed by atoms with Gasteiger partial charge in [0.25, 0.3) is 5.91 Å². The number of rotatable bonds is 11. The summed E-state index contributed by atoms with van der Waals surface area (Å²) in [5, 5.41) is 13.0. The van der Waals surface area contributed by atoms with E-state index in [2.05, 4.69) is 20.7 Å². The Morgan fingerprint density at radius 3 is 2.48 bits per heavy atom. The first-order valence-corrected chi connectivity index (χ1v) is 12.7. The Hall–Kier alpha value is -2.47. The van der Waals surface area contributed by atoms with E-state index in [0.29, 0.717) is 32.9 Å². The number of hydrazone groups is 1. The Kier molecular flexibility index (Phi) is 9.67. The summed E-state index contributed by atoms with van der Waals surface area (Å²) >= 11 is 10.5. The number of carbonyl (C=O) groups excluding carboxylic acids is 1. The summed E-state index contributed by atoms with van der Waals surface area (Å²) in [4.78, 5) is 12.2. The van der Waals surface area contributed by atoms with Crippen LogP contribution in [0.4, 0.5) is 0 Å².